The van der Waals surface area contributed by atoms with E-state index < -0.39 is 6.04 Å². The second kappa shape index (κ2) is 9.63. The number of benzene rings is 2. The number of rotatable bonds is 8. The monoisotopic (exact) mass is 429 g/mol. The Hall–Kier alpha value is -3.06. The summed E-state index contributed by atoms with van der Waals surface area (Å²) in [4.78, 5) is 16.9. The Morgan fingerprint density at radius 3 is 2.50 bits per heavy atom. The summed E-state index contributed by atoms with van der Waals surface area (Å²) in [6.45, 7) is 5.67. The number of ether oxygens (including phenoxy) is 2. The zero-order chi connectivity index (χ0) is 21.7. The maximum absolute atomic E-state index is 12.4. The molecule has 3 aromatic rings. The zero-order valence-electron chi connectivity index (χ0n) is 17.3. The molecule has 30 heavy (non-hydrogen) atoms. The molecule has 0 bridgehead atoms. The second-order valence-electron chi connectivity index (χ2n) is 7.17. The van der Waals surface area contributed by atoms with Crippen LogP contribution in [-0.4, -0.2) is 29.8 Å². The van der Waals surface area contributed by atoms with E-state index >= 15 is 0 Å². The van der Waals surface area contributed by atoms with Gasteiger partial charge < -0.3 is 19.3 Å². The minimum Gasteiger partial charge on any atom is -0.497 e. The summed E-state index contributed by atoms with van der Waals surface area (Å²) in [6.07, 6.45) is 0. The van der Waals surface area contributed by atoms with Gasteiger partial charge in [0.1, 0.15) is 17.5 Å². The number of hydrogen-bond acceptors (Lipinski definition) is 6. The average Bonchev–Trinajstić information content (AvgIpc) is 3.22. The molecule has 1 N–H and O–H groups in total. The van der Waals surface area contributed by atoms with Crippen molar-refractivity contribution in [2.75, 3.05) is 13.7 Å². The van der Waals surface area contributed by atoms with Gasteiger partial charge in [0.25, 0.3) is 5.91 Å². The molecule has 158 valence electrons. The number of aromatic nitrogens is 2. The fourth-order valence-corrected chi connectivity index (χ4v) is 2.92. The number of amides is 1. The lowest BCUT2D eigenvalue weighted by Crippen LogP contribution is -2.35. The first-order valence-corrected chi connectivity index (χ1v) is 9.91. The number of nitrogens with zero attached hydrogens (tertiary/aromatic N) is 2. The van der Waals surface area contributed by atoms with Crippen LogP contribution in [0.15, 0.2) is 47.0 Å². The first kappa shape index (κ1) is 21.6. The largest absolute Gasteiger partial charge is 0.497 e. The summed E-state index contributed by atoms with van der Waals surface area (Å²) in [5.74, 6) is 1.85. The van der Waals surface area contributed by atoms with Gasteiger partial charge in [0.2, 0.25) is 11.7 Å². The van der Waals surface area contributed by atoms with E-state index in [4.69, 9.17) is 25.6 Å². The van der Waals surface area contributed by atoms with Crippen LogP contribution in [0.2, 0.25) is 5.02 Å². The SMILES string of the molecule is COc1ccc(-c2noc(C(NC(=O)COc3ccc(Cl)c(C)c3)C(C)C)n2)cc1. The van der Waals surface area contributed by atoms with E-state index in [1.165, 1.54) is 0 Å². The van der Waals surface area contributed by atoms with Crippen molar-refractivity contribution < 1.29 is 18.8 Å². The molecule has 0 aliphatic heterocycles. The maximum Gasteiger partial charge on any atom is 0.258 e. The molecule has 7 nitrogen and oxygen atoms in total. The Bertz CT molecular complexity index is 1000. The van der Waals surface area contributed by atoms with Crippen LogP contribution in [0.4, 0.5) is 0 Å². The van der Waals surface area contributed by atoms with Gasteiger partial charge in [0, 0.05) is 10.6 Å². The Morgan fingerprint density at radius 1 is 1.17 bits per heavy atom. The minimum atomic E-state index is -0.437. The molecule has 0 aliphatic rings. The van der Waals surface area contributed by atoms with Crippen LogP contribution in [-0.2, 0) is 4.79 Å². The van der Waals surface area contributed by atoms with E-state index in [0.717, 1.165) is 16.9 Å². The van der Waals surface area contributed by atoms with Crippen molar-refractivity contribution in [3.63, 3.8) is 0 Å². The molecule has 2 aromatic carbocycles. The van der Waals surface area contributed by atoms with Gasteiger partial charge in [-0.05, 0) is 60.9 Å². The summed E-state index contributed by atoms with van der Waals surface area (Å²) in [6, 6.07) is 12.1. The smallest absolute Gasteiger partial charge is 0.258 e. The summed E-state index contributed by atoms with van der Waals surface area (Å²) in [5, 5.41) is 7.60. The highest BCUT2D eigenvalue weighted by molar-refractivity contribution is 6.31. The molecule has 1 unspecified atom stereocenters. The van der Waals surface area contributed by atoms with Crippen LogP contribution in [0.5, 0.6) is 11.5 Å². The van der Waals surface area contributed by atoms with Crippen molar-refractivity contribution in [3.8, 4) is 22.9 Å². The van der Waals surface area contributed by atoms with Crippen LogP contribution in [0, 0.1) is 12.8 Å². The molecule has 0 spiro atoms. The van der Waals surface area contributed by atoms with Crippen LogP contribution < -0.4 is 14.8 Å². The molecular weight excluding hydrogens is 406 g/mol. The van der Waals surface area contributed by atoms with Crippen molar-refractivity contribution in [1.29, 1.82) is 0 Å². The molecule has 1 atom stereocenters. The number of aryl methyl sites for hydroxylation is 1. The topological polar surface area (TPSA) is 86.5 Å². The van der Waals surface area contributed by atoms with Crippen molar-refractivity contribution >= 4 is 17.5 Å². The minimum absolute atomic E-state index is 0.0379. The van der Waals surface area contributed by atoms with Gasteiger partial charge >= 0.3 is 0 Å². The van der Waals surface area contributed by atoms with Gasteiger partial charge in [-0.25, -0.2) is 0 Å². The van der Waals surface area contributed by atoms with Gasteiger partial charge in [0.05, 0.1) is 7.11 Å². The number of halogens is 1. The third-order valence-corrected chi connectivity index (χ3v) is 4.96. The van der Waals surface area contributed by atoms with Crippen molar-refractivity contribution in [3.05, 3.63) is 58.9 Å². The molecular formula is C22H24ClN3O4. The molecule has 0 fully saturated rings. The zero-order valence-corrected chi connectivity index (χ0v) is 18.1. The van der Waals surface area contributed by atoms with E-state index in [-0.39, 0.29) is 18.4 Å². The summed E-state index contributed by atoms with van der Waals surface area (Å²) in [7, 11) is 1.61. The van der Waals surface area contributed by atoms with Gasteiger partial charge in [-0.15, -0.1) is 0 Å². The molecule has 0 radical (unpaired) electrons. The summed E-state index contributed by atoms with van der Waals surface area (Å²) < 4.78 is 16.2. The molecule has 0 saturated heterocycles. The number of methoxy groups -OCH3 is 1. The van der Waals surface area contributed by atoms with Crippen LogP contribution in [0.3, 0.4) is 0 Å². The normalized spacial score (nSPS) is 11.9. The third kappa shape index (κ3) is 5.30. The fourth-order valence-electron chi connectivity index (χ4n) is 2.80. The maximum atomic E-state index is 12.4. The second-order valence-corrected chi connectivity index (χ2v) is 7.58. The quantitative estimate of drug-likeness (QED) is 0.563. The highest BCUT2D eigenvalue weighted by atomic mass is 35.5. The molecule has 1 aromatic heterocycles. The van der Waals surface area contributed by atoms with Gasteiger partial charge in [-0.2, -0.15) is 4.98 Å². The first-order valence-electron chi connectivity index (χ1n) is 9.53. The highest BCUT2D eigenvalue weighted by Gasteiger charge is 2.25. The Morgan fingerprint density at radius 2 is 1.87 bits per heavy atom. The lowest BCUT2D eigenvalue weighted by Gasteiger charge is -2.18. The number of hydrogen-bond donors (Lipinski definition) is 1. The molecule has 0 aliphatic carbocycles. The Labute approximate surface area is 180 Å². The van der Waals surface area contributed by atoms with Crippen LogP contribution >= 0.6 is 11.6 Å². The Balaban J connectivity index is 1.65. The molecule has 3 rings (SSSR count). The van der Waals surface area contributed by atoms with E-state index in [9.17, 15) is 4.79 Å². The predicted molar refractivity (Wildman–Crippen MR) is 114 cm³/mol. The van der Waals surface area contributed by atoms with E-state index in [0.29, 0.717) is 22.5 Å². The predicted octanol–water partition coefficient (Wildman–Crippen LogP) is 4.60. The third-order valence-electron chi connectivity index (χ3n) is 4.54. The van der Waals surface area contributed by atoms with Crippen LogP contribution in [0.1, 0.15) is 31.3 Å². The van der Waals surface area contributed by atoms with Crippen molar-refractivity contribution in [2.45, 2.75) is 26.8 Å². The van der Waals surface area contributed by atoms with E-state index in [1.54, 1.807) is 25.3 Å². The highest BCUT2D eigenvalue weighted by Crippen LogP contribution is 2.25. The molecule has 1 amide bonds. The molecule has 0 saturated carbocycles. The lowest BCUT2D eigenvalue weighted by atomic mass is 10.0. The molecule has 8 heteroatoms. The average molecular weight is 430 g/mol. The summed E-state index contributed by atoms with van der Waals surface area (Å²) >= 11 is 6.01. The van der Waals surface area contributed by atoms with Gasteiger partial charge in [-0.1, -0.05) is 30.6 Å². The molecule has 1 heterocycles. The van der Waals surface area contributed by atoms with Gasteiger partial charge in [0.15, 0.2) is 6.61 Å². The Kier molecular flexibility index (Phi) is 6.95. The number of nitrogens with one attached hydrogen (secondary N) is 1. The van der Waals surface area contributed by atoms with Crippen molar-refractivity contribution in [2.24, 2.45) is 5.92 Å². The van der Waals surface area contributed by atoms with E-state index in [1.807, 2.05) is 45.0 Å². The lowest BCUT2D eigenvalue weighted by molar-refractivity contribution is -0.124. The number of carbonyl (C=O) groups is 1. The van der Waals surface area contributed by atoms with Crippen LogP contribution in [0.25, 0.3) is 11.4 Å². The van der Waals surface area contributed by atoms with Gasteiger partial charge in [-0.3, -0.25) is 4.79 Å². The van der Waals surface area contributed by atoms with E-state index in [2.05, 4.69) is 15.5 Å². The van der Waals surface area contributed by atoms with Crippen molar-refractivity contribution in [1.82, 2.24) is 15.5 Å². The standard InChI is InChI=1S/C22H24ClN3O4/c1-13(2)20(24-19(27)12-29-17-9-10-18(23)14(3)11-17)22-25-21(26-30-22)15-5-7-16(28-4)8-6-15/h5-11,13,20H,12H2,1-4H3,(H,24,27). The summed E-state index contributed by atoms with van der Waals surface area (Å²) in [5.41, 5.74) is 1.67. The number of carbonyl (C=O) groups excluding carboxylic acids is 1. The first-order chi connectivity index (χ1) is 14.4. The fraction of sp³-hybridized carbons (Fsp3) is 0.318.